The monoisotopic (exact) mass is 392 g/mol. The average Bonchev–Trinajstić information content (AvgIpc) is 3.15. The van der Waals surface area contributed by atoms with Crippen molar-refractivity contribution in [2.45, 2.75) is 6.10 Å². The summed E-state index contributed by atoms with van der Waals surface area (Å²) in [5, 5.41) is 10.3. The van der Waals surface area contributed by atoms with E-state index in [4.69, 9.17) is 14.2 Å². The molecule has 2 aromatic rings. The van der Waals surface area contributed by atoms with Gasteiger partial charge in [0.15, 0.2) is 11.5 Å². The standard InChI is InChI=1S/C20H24N2O4.ClH/c23-17(14-24-18-6-7-19-20(12-18)26-15-25-19)13-21-8-10-22(11-9-21)16-4-2-1-3-5-16;/h1-7,12,17,23H,8-11,13-15H2;1H. The number of halogens is 1. The predicted molar refractivity (Wildman–Crippen MR) is 106 cm³/mol. The molecule has 27 heavy (non-hydrogen) atoms. The summed E-state index contributed by atoms with van der Waals surface area (Å²) in [5.74, 6) is 2.10. The van der Waals surface area contributed by atoms with Crippen LogP contribution in [-0.2, 0) is 0 Å². The molecule has 1 fully saturated rings. The number of para-hydroxylation sites is 1. The van der Waals surface area contributed by atoms with Gasteiger partial charge in [-0.25, -0.2) is 0 Å². The fourth-order valence-corrected chi connectivity index (χ4v) is 3.34. The topological polar surface area (TPSA) is 54.4 Å². The van der Waals surface area contributed by atoms with E-state index in [1.807, 2.05) is 18.2 Å². The molecule has 0 aliphatic carbocycles. The molecule has 0 amide bonds. The van der Waals surface area contributed by atoms with Gasteiger partial charge in [-0.3, -0.25) is 4.90 Å². The van der Waals surface area contributed by atoms with Gasteiger partial charge < -0.3 is 24.2 Å². The van der Waals surface area contributed by atoms with Crippen molar-refractivity contribution >= 4 is 18.1 Å². The summed E-state index contributed by atoms with van der Waals surface area (Å²) in [6, 6.07) is 15.9. The van der Waals surface area contributed by atoms with Gasteiger partial charge in [-0.05, 0) is 24.3 Å². The lowest BCUT2D eigenvalue weighted by atomic mass is 10.2. The predicted octanol–water partition coefficient (Wildman–Crippen LogP) is 2.40. The maximum atomic E-state index is 10.3. The average molecular weight is 393 g/mol. The molecule has 1 atom stereocenters. The fourth-order valence-electron chi connectivity index (χ4n) is 3.34. The number of nitrogens with zero attached hydrogens (tertiary/aromatic N) is 2. The molecule has 1 unspecified atom stereocenters. The highest BCUT2D eigenvalue weighted by Crippen LogP contribution is 2.35. The number of ether oxygens (including phenoxy) is 3. The lowest BCUT2D eigenvalue weighted by molar-refractivity contribution is 0.0662. The van der Waals surface area contributed by atoms with Gasteiger partial charge in [0.2, 0.25) is 6.79 Å². The van der Waals surface area contributed by atoms with Crippen LogP contribution in [-0.4, -0.2) is 62.2 Å². The van der Waals surface area contributed by atoms with Crippen LogP contribution in [0, 0.1) is 0 Å². The molecule has 2 heterocycles. The minimum atomic E-state index is -0.524. The summed E-state index contributed by atoms with van der Waals surface area (Å²) < 4.78 is 16.3. The quantitative estimate of drug-likeness (QED) is 0.814. The second kappa shape index (κ2) is 9.17. The third-order valence-electron chi connectivity index (χ3n) is 4.75. The van der Waals surface area contributed by atoms with Crippen LogP contribution in [0.1, 0.15) is 0 Å². The molecule has 0 radical (unpaired) electrons. The molecule has 0 spiro atoms. The molecule has 1 saturated heterocycles. The molecule has 6 nitrogen and oxygen atoms in total. The fraction of sp³-hybridized carbons (Fsp3) is 0.400. The Labute approximate surface area is 165 Å². The Bertz CT molecular complexity index is 723. The molecule has 4 rings (SSSR count). The lowest BCUT2D eigenvalue weighted by Gasteiger charge is -2.36. The molecule has 0 bridgehead atoms. The normalized spacial score (nSPS) is 17.3. The van der Waals surface area contributed by atoms with Crippen molar-refractivity contribution < 1.29 is 19.3 Å². The molecule has 2 aromatic carbocycles. The van der Waals surface area contributed by atoms with Gasteiger partial charge in [0, 0.05) is 44.5 Å². The van der Waals surface area contributed by atoms with Crippen molar-refractivity contribution in [3.63, 3.8) is 0 Å². The zero-order chi connectivity index (χ0) is 17.8. The first-order chi connectivity index (χ1) is 12.8. The molecule has 2 aliphatic rings. The van der Waals surface area contributed by atoms with Crippen molar-refractivity contribution in [3.8, 4) is 17.2 Å². The summed E-state index contributed by atoms with van der Waals surface area (Å²) in [7, 11) is 0. The first-order valence-electron chi connectivity index (χ1n) is 9.01. The van der Waals surface area contributed by atoms with E-state index in [9.17, 15) is 5.11 Å². The number of anilines is 1. The molecule has 1 N–H and O–H groups in total. The van der Waals surface area contributed by atoms with E-state index in [1.165, 1.54) is 5.69 Å². The second-order valence-electron chi connectivity index (χ2n) is 6.60. The van der Waals surface area contributed by atoms with Crippen molar-refractivity contribution in [2.75, 3.05) is 51.0 Å². The third-order valence-corrected chi connectivity index (χ3v) is 4.75. The van der Waals surface area contributed by atoms with E-state index in [2.05, 4.69) is 34.1 Å². The molecule has 0 aromatic heterocycles. The first-order valence-corrected chi connectivity index (χ1v) is 9.01. The van der Waals surface area contributed by atoms with E-state index < -0.39 is 6.10 Å². The maximum absolute atomic E-state index is 10.3. The van der Waals surface area contributed by atoms with Crippen LogP contribution >= 0.6 is 12.4 Å². The zero-order valence-corrected chi connectivity index (χ0v) is 15.9. The molecule has 2 aliphatic heterocycles. The van der Waals surface area contributed by atoms with Gasteiger partial charge in [0.25, 0.3) is 0 Å². The lowest BCUT2D eigenvalue weighted by Crippen LogP contribution is -2.49. The molecular formula is C20H25ClN2O4. The minimum Gasteiger partial charge on any atom is -0.491 e. The maximum Gasteiger partial charge on any atom is 0.231 e. The van der Waals surface area contributed by atoms with Gasteiger partial charge in [-0.1, -0.05) is 18.2 Å². The second-order valence-corrected chi connectivity index (χ2v) is 6.60. The van der Waals surface area contributed by atoms with Gasteiger partial charge in [-0.2, -0.15) is 0 Å². The number of aliphatic hydroxyl groups excluding tert-OH is 1. The summed E-state index contributed by atoms with van der Waals surface area (Å²) >= 11 is 0. The zero-order valence-electron chi connectivity index (χ0n) is 15.1. The number of fused-ring (bicyclic) bond motifs is 1. The third kappa shape index (κ3) is 4.97. The summed E-state index contributed by atoms with van der Waals surface area (Å²) in [5.41, 5.74) is 1.26. The summed E-state index contributed by atoms with van der Waals surface area (Å²) in [6.07, 6.45) is -0.524. The van der Waals surface area contributed by atoms with E-state index in [0.29, 0.717) is 18.0 Å². The molecule has 7 heteroatoms. The van der Waals surface area contributed by atoms with E-state index >= 15 is 0 Å². The van der Waals surface area contributed by atoms with Crippen LogP contribution in [0.2, 0.25) is 0 Å². The van der Waals surface area contributed by atoms with Crippen molar-refractivity contribution in [3.05, 3.63) is 48.5 Å². The van der Waals surface area contributed by atoms with Gasteiger partial charge in [0.1, 0.15) is 18.5 Å². The van der Waals surface area contributed by atoms with Crippen LogP contribution in [0.25, 0.3) is 0 Å². The minimum absolute atomic E-state index is 0. The highest BCUT2D eigenvalue weighted by atomic mass is 35.5. The Hall–Kier alpha value is -2.15. The number of hydrogen-bond acceptors (Lipinski definition) is 6. The van der Waals surface area contributed by atoms with Crippen LogP contribution < -0.4 is 19.1 Å². The van der Waals surface area contributed by atoms with E-state index in [1.54, 1.807) is 6.07 Å². The molecular weight excluding hydrogens is 368 g/mol. The number of β-amino-alcohol motifs (C(OH)–C–C–N with tert-alkyl or cyclic N) is 1. The van der Waals surface area contributed by atoms with Crippen molar-refractivity contribution in [1.29, 1.82) is 0 Å². The van der Waals surface area contributed by atoms with Crippen LogP contribution in [0.15, 0.2) is 48.5 Å². The number of rotatable bonds is 6. The smallest absolute Gasteiger partial charge is 0.231 e. The SMILES string of the molecule is Cl.OC(COc1ccc2c(c1)OCO2)CN1CCN(c2ccccc2)CC1. The molecule has 146 valence electrons. The Morgan fingerprint density at radius 3 is 2.48 bits per heavy atom. The molecule has 0 saturated carbocycles. The van der Waals surface area contributed by atoms with Gasteiger partial charge >= 0.3 is 0 Å². The number of benzene rings is 2. The van der Waals surface area contributed by atoms with Crippen LogP contribution in [0.5, 0.6) is 17.2 Å². The van der Waals surface area contributed by atoms with Crippen molar-refractivity contribution in [2.24, 2.45) is 0 Å². The number of hydrogen-bond donors (Lipinski definition) is 1. The Balaban J connectivity index is 0.00000210. The largest absolute Gasteiger partial charge is 0.491 e. The summed E-state index contributed by atoms with van der Waals surface area (Å²) in [6.45, 7) is 4.95. The summed E-state index contributed by atoms with van der Waals surface area (Å²) in [4.78, 5) is 4.67. The number of piperazine rings is 1. The Morgan fingerprint density at radius 1 is 0.963 bits per heavy atom. The van der Waals surface area contributed by atoms with Crippen LogP contribution in [0.4, 0.5) is 5.69 Å². The van der Waals surface area contributed by atoms with E-state index in [0.717, 1.165) is 31.9 Å². The Morgan fingerprint density at radius 2 is 1.70 bits per heavy atom. The highest BCUT2D eigenvalue weighted by Gasteiger charge is 2.20. The van der Waals surface area contributed by atoms with Gasteiger partial charge in [-0.15, -0.1) is 12.4 Å². The Kier molecular flexibility index (Phi) is 6.66. The highest BCUT2D eigenvalue weighted by molar-refractivity contribution is 5.85. The van der Waals surface area contributed by atoms with Crippen molar-refractivity contribution in [1.82, 2.24) is 4.90 Å². The number of aliphatic hydroxyl groups is 1. The van der Waals surface area contributed by atoms with E-state index in [-0.39, 0.29) is 25.8 Å². The van der Waals surface area contributed by atoms with Gasteiger partial charge in [0.05, 0.1) is 0 Å². The first kappa shape index (κ1) is 19.6. The van der Waals surface area contributed by atoms with Crippen LogP contribution in [0.3, 0.4) is 0 Å².